The zero-order valence-corrected chi connectivity index (χ0v) is 36.7. The summed E-state index contributed by atoms with van der Waals surface area (Å²) >= 11 is 0. The van der Waals surface area contributed by atoms with Crippen molar-refractivity contribution in [2.45, 2.75) is 114 Å². The van der Waals surface area contributed by atoms with E-state index in [2.05, 4.69) is 50.3 Å². The number of rotatable bonds is 19. The molecule has 326 valence electrons. The number of likely N-dealkylation sites (tertiary alicyclic amines) is 2. The number of hydrogen-bond acceptors (Lipinski definition) is 8. The van der Waals surface area contributed by atoms with Crippen LogP contribution >= 0.6 is 24.8 Å². The number of carbonyl (C=O) groups is 6. The van der Waals surface area contributed by atoms with Crippen LogP contribution in [0.3, 0.4) is 0 Å². The summed E-state index contributed by atoms with van der Waals surface area (Å²) in [6.45, 7) is 4.72. The highest BCUT2D eigenvalue weighted by atomic mass is 35.5. The third kappa shape index (κ3) is 16.3. The van der Waals surface area contributed by atoms with Gasteiger partial charge in [-0.2, -0.15) is 0 Å². The number of nitrogens with zero attached hydrogens (tertiary/aromatic N) is 2. The van der Waals surface area contributed by atoms with Crippen molar-refractivity contribution in [2.24, 2.45) is 0 Å². The molecular formula is C45H61Cl2N7O6. The number of nitrogens with one attached hydrogen (secondary N) is 5. The van der Waals surface area contributed by atoms with Crippen LogP contribution in [0, 0.1) is 23.7 Å². The highest BCUT2D eigenvalue weighted by molar-refractivity contribution is 5.91. The van der Waals surface area contributed by atoms with Crippen LogP contribution in [0.1, 0.15) is 76.3 Å². The van der Waals surface area contributed by atoms with E-state index in [0.29, 0.717) is 38.9 Å². The first-order valence-corrected chi connectivity index (χ1v) is 20.4. The SMILES string of the molecule is CN[C@@H](C)C(=O)N[C@@H](CC#CC#CC[C@H](NC(=O)[C@H](C)NC)C(=O)N1CCC[C@H]1CNC(=O)Cc1ccccc1)C(=O)N1CCC[C@H]1CCC(=O)Cc1ccccc1.Cl.Cl. The summed E-state index contributed by atoms with van der Waals surface area (Å²) in [6, 6.07) is 15.7. The molecule has 5 amide bonds. The lowest BCUT2D eigenvalue weighted by Gasteiger charge is -2.29. The lowest BCUT2D eigenvalue weighted by molar-refractivity contribution is -0.137. The summed E-state index contributed by atoms with van der Waals surface area (Å²) in [6.07, 6.45) is 4.57. The largest absolute Gasteiger partial charge is 0.354 e. The Kier molecular flexibility index (Phi) is 23.1. The predicted octanol–water partition coefficient (Wildman–Crippen LogP) is 2.74. The normalized spacial score (nSPS) is 17.4. The van der Waals surface area contributed by atoms with Gasteiger partial charge in [0.05, 0.1) is 18.5 Å². The average molecular weight is 867 g/mol. The second-order valence-electron chi connectivity index (χ2n) is 15.0. The Bertz CT molecular complexity index is 1710. The molecule has 4 rings (SSSR count). The molecule has 0 spiro atoms. The van der Waals surface area contributed by atoms with Crippen LogP contribution in [0.4, 0.5) is 0 Å². The van der Waals surface area contributed by atoms with Gasteiger partial charge in [0, 0.05) is 57.4 Å². The molecule has 2 aromatic carbocycles. The number of carbonyl (C=O) groups excluding carboxylic acids is 6. The van der Waals surface area contributed by atoms with Crippen molar-refractivity contribution in [1.29, 1.82) is 0 Å². The van der Waals surface area contributed by atoms with Gasteiger partial charge in [-0.25, -0.2) is 0 Å². The van der Waals surface area contributed by atoms with Gasteiger partial charge in [-0.1, -0.05) is 72.5 Å². The summed E-state index contributed by atoms with van der Waals surface area (Å²) in [5, 5.41) is 14.4. The van der Waals surface area contributed by atoms with Gasteiger partial charge in [-0.3, -0.25) is 28.8 Å². The van der Waals surface area contributed by atoms with E-state index >= 15 is 0 Å². The van der Waals surface area contributed by atoms with Crippen LogP contribution in [0.5, 0.6) is 0 Å². The van der Waals surface area contributed by atoms with Gasteiger partial charge in [0.1, 0.15) is 17.9 Å². The molecule has 0 saturated carbocycles. The maximum absolute atomic E-state index is 13.9. The van der Waals surface area contributed by atoms with Gasteiger partial charge in [-0.15, -0.1) is 24.8 Å². The first-order chi connectivity index (χ1) is 28.0. The molecule has 2 fully saturated rings. The number of hydrogen-bond donors (Lipinski definition) is 5. The number of ketones is 1. The lowest BCUT2D eigenvalue weighted by atomic mass is 10.0. The molecule has 2 aliphatic heterocycles. The first kappa shape index (κ1) is 51.2. The van der Waals surface area contributed by atoms with E-state index in [0.717, 1.165) is 36.8 Å². The maximum Gasteiger partial charge on any atom is 0.246 e. The predicted molar refractivity (Wildman–Crippen MR) is 237 cm³/mol. The Morgan fingerprint density at radius 3 is 1.60 bits per heavy atom. The Labute approximate surface area is 367 Å². The molecule has 2 saturated heterocycles. The fraction of sp³-hybridized carbons (Fsp3) is 0.511. The molecule has 5 N–H and O–H groups in total. The topological polar surface area (TPSA) is 169 Å². The lowest BCUT2D eigenvalue weighted by Crippen LogP contribution is -2.54. The van der Waals surface area contributed by atoms with Gasteiger partial charge in [-0.05, 0) is 83.0 Å². The van der Waals surface area contributed by atoms with E-state index in [4.69, 9.17) is 0 Å². The van der Waals surface area contributed by atoms with Crippen LogP contribution < -0.4 is 26.6 Å². The molecule has 2 aliphatic rings. The summed E-state index contributed by atoms with van der Waals surface area (Å²) in [4.78, 5) is 82.5. The molecule has 6 atom stereocenters. The highest BCUT2D eigenvalue weighted by Crippen LogP contribution is 2.24. The number of halogens is 2. The Morgan fingerprint density at radius 1 is 0.667 bits per heavy atom. The highest BCUT2D eigenvalue weighted by Gasteiger charge is 2.35. The van der Waals surface area contributed by atoms with Crippen molar-refractivity contribution >= 4 is 60.1 Å². The first-order valence-electron chi connectivity index (χ1n) is 20.4. The fourth-order valence-corrected chi connectivity index (χ4v) is 7.13. The summed E-state index contributed by atoms with van der Waals surface area (Å²) in [5.41, 5.74) is 1.86. The van der Waals surface area contributed by atoms with E-state index in [1.165, 1.54) is 0 Å². The minimum Gasteiger partial charge on any atom is -0.354 e. The van der Waals surface area contributed by atoms with Crippen molar-refractivity contribution in [3.05, 3.63) is 71.8 Å². The van der Waals surface area contributed by atoms with Crippen LogP contribution in [0.2, 0.25) is 0 Å². The third-order valence-electron chi connectivity index (χ3n) is 10.8. The molecular weight excluding hydrogens is 805 g/mol. The Balaban J connectivity index is 0.00000620. The van der Waals surface area contributed by atoms with Crippen molar-refractivity contribution in [3.8, 4) is 23.7 Å². The molecule has 0 aromatic heterocycles. The number of Topliss-reactive ketones (excluding diaryl/α,β-unsaturated/α-hetero) is 1. The molecule has 15 heteroatoms. The van der Waals surface area contributed by atoms with Crippen molar-refractivity contribution in [2.75, 3.05) is 33.7 Å². The molecule has 2 aromatic rings. The minimum atomic E-state index is -0.943. The molecule has 13 nitrogen and oxygen atoms in total. The average Bonchev–Trinajstić information content (AvgIpc) is 3.92. The standard InChI is InChI=1S/C45H59N7O6.2ClH/c1-32(46-3)42(55)49-39(44(57)51-27-15-21-36(51)25-26-38(53)29-34-17-9-7-10-18-34)23-13-5-6-14-24-40(50-43(56)33(2)47-4)45(58)52-28-16-22-37(52)31-48-41(54)30-35-19-11-8-12-20-35;;/h7-12,17-20,32-33,36-37,39-40,46-47H,15-16,21-31H2,1-4H3,(H,48,54)(H,49,55)(H,50,56);2*1H/t32-,33-,36-,37-,39-,40-;;/m0../s1. The van der Waals surface area contributed by atoms with Gasteiger partial charge in [0.2, 0.25) is 29.5 Å². The van der Waals surface area contributed by atoms with Gasteiger partial charge < -0.3 is 36.4 Å². The number of likely N-dealkylation sites (N-methyl/N-ethyl adjacent to an activating group) is 2. The van der Waals surface area contributed by atoms with Crippen LogP contribution in [-0.2, 0) is 41.6 Å². The Hall–Kier alpha value is -4.92. The van der Waals surface area contributed by atoms with E-state index < -0.39 is 24.2 Å². The van der Waals surface area contributed by atoms with E-state index in [9.17, 15) is 28.8 Å². The fourth-order valence-electron chi connectivity index (χ4n) is 7.13. The molecule has 0 unspecified atom stereocenters. The van der Waals surface area contributed by atoms with Crippen molar-refractivity contribution in [1.82, 2.24) is 36.4 Å². The maximum atomic E-state index is 13.9. The molecule has 0 radical (unpaired) electrons. The van der Waals surface area contributed by atoms with E-state index in [-0.39, 0.29) is 91.5 Å². The molecule has 2 heterocycles. The van der Waals surface area contributed by atoms with E-state index in [1.54, 1.807) is 37.7 Å². The van der Waals surface area contributed by atoms with Crippen molar-refractivity contribution < 1.29 is 28.8 Å². The van der Waals surface area contributed by atoms with Crippen molar-refractivity contribution in [3.63, 3.8) is 0 Å². The second-order valence-corrected chi connectivity index (χ2v) is 15.0. The zero-order chi connectivity index (χ0) is 41.9. The minimum absolute atomic E-state index is 0. The summed E-state index contributed by atoms with van der Waals surface area (Å²) in [5.74, 6) is 10.2. The summed E-state index contributed by atoms with van der Waals surface area (Å²) < 4.78 is 0. The van der Waals surface area contributed by atoms with Gasteiger partial charge >= 0.3 is 0 Å². The third-order valence-corrected chi connectivity index (χ3v) is 10.8. The monoisotopic (exact) mass is 865 g/mol. The molecule has 0 aliphatic carbocycles. The summed E-state index contributed by atoms with van der Waals surface area (Å²) in [7, 11) is 3.32. The van der Waals surface area contributed by atoms with Gasteiger partial charge in [0.15, 0.2) is 0 Å². The second kappa shape index (κ2) is 27.0. The number of amides is 5. The number of benzene rings is 2. The quantitative estimate of drug-likeness (QED) is 0.135. The van der Waals surface area contributed by atoms with Crippen LogP contribution in [0.25, 0.3) is 0 Å². The van der Waals surface area contributed by atoms with E-state index in [1.807, 2.05) is 60.7 Å². The zero-order valence-electron chi connectivity index (χ0n) is 35.1. The molecule has 60 heavy (non-hydrogen) atoms. The van der Waals surface area contributed by atoms with Crippen LogP contribution in [0.15, 0.2) is 60.7 Å². The van der Waals surface area contributed by atoms with Crippen LogP contribution in [-0.4, -0.2) is 115 Å². The molecule has 0 bridgehead atoms. The Morgan fingerprint density at radius 2 is 1.12 bits per heavy atom. The van der Waals surface area contributed by atoms with Gasteiger partial charge in [0.25, 0.3) is 0 Å². The smallest absolute Gasteiger partial charge is 0.246 e.